The van der Waals surface area contributed by atoms with Crippen molar-refractivity contribution >= 4 is 17.7 Å². The third-order valence-corrected chi connectivity index (χ3v) is 2.94. The van der Waals surface area contributed by atoms with E-state index in [4.69, 9.17) is 16.6 Å². The van der Waals surface area contributed by atoms with E-state index in [1.165, 1.54) is 0 Å². The van der Waals surface area contributed by atoms with Crippen molar-refractivity contribution in [2.75, 3.05) is 11.5 Å². The Labute approximate surface area is 88.7 Å². The number of nitrogens with two attached hydrogens (primary N) is 2. The number of thioether (sulfide) groups is 1. The molecule has 1 unspecified atom stereocenters. The molecule has 0 aliphatic heterocycles. The molecule has 5 heteroatoms. The van der Waals surface area contributed by atoms with E-state index in [0.717, 1.165) is 11.3 Å². The largest absolute Gasteiger partial charge is 0.480 e. The molecule has 82 valence electrons. The first-order chi connectivity index (χ1) is 6.45. The van der Waals surface area contributed by atoms with Crippen LogP contribution in [0.25, 0.3) is 0 Å². The normalized spacial score (nSPS) is 14.8. The fourth-order valence-corrected chi connectivity index (χ4v) is 1.81. The summed E-state index contributed by atoms with van der Waals surface area (Å²) in [5.41, 5.74) is 12.0. The predicted octanol–water partition coefficient (Wildman–Crippen LogP) is 0.425. The van der Waals surface area contributed by atoms with Crippen LogP contribution in [0.4, 0.5) is 0 Å². The molecule has 0 saturated heterocycles. The van der Waals surface area contributed by atoms with Crippen molar-refractivity contribution in [1.29, 1.82) is 0 Å². The van der Waals surface area contributed by atoms with Crippen LogP contribution in [0.15, 0.2) is 12.2 Å². The van der Waals surface area contributed by atoms with Crippen LogP contribution in [-0.4, -0.2) is 34.7 Å². The highest BCUT2D eigenvalue weighted by molar-refractivity contribution is 7.99. The SMILES string of the molecule is C=C(C)C(N)CSCC[C@H](N)C(=O)O. The lowest BCUT2D eigenvalue weighted by Gasteiger charge is -2.11. The summed E-state index contributed by atoms with van der Waals surface area (Å²) in [5.74, 6) is 0.533. The Morgan fingerprint density at radius 1 is 1.50 bits per heavy atom. The van der Waals surface area contributed by atoms with Gasteiger partial charge in [0.1, 0.15) is 6.04 Å². The van der Waals surface area contributed by atoms with Crippen molar-refractivity contribution in [2.24, 2.45) is 11.5 Å². The third kappa shape index (κ3) is 6.01. The monoisotopic (exact) mass is 218 g/mol. The van der Waals surface area contributed by atoms with Gasteiger partial charge in [-0.1, -0.05) is 12.2 Å². The van der Waals surface area contributed by atoms with Crippen LogP contribution in [0.3, 0.4) is 0 Å². The lowest BCUT2D eigenvalue weighted by atomic mass is 10.2. The average molecular weight is 218 g/mol. The Bertz CT molecular complexity index is 187. The van der Waals surface area contributed by atoms with Gasteiger partial charge in [0.15, 0.2) is 0 Å². The van der Waals surface area contributed by atoms with E-state index in [2.05, 4.69) is 6.58 Å². The zero-order valence-electron chi connectivity index (χ0n) is 8.40. The van der Waals surface area contributed by atoms with E-state index in [1.807, 2.05) is 6.92 Å². The van der Waals surface area contributed by atoms with Crippen LogP contribution in [0.5, 0.6) is 0 Å². The highest BCUT2D eigenvalue weighted by Crippen LogP contribution is 2.08. The molecule has 4 nitrogen and oxygen atoms in total. The summed E-state index contributed by atoms with van der Waals surface area (Å²) in [6.45, 7) is 5.62. The molecule has 0 aromatic heterocycles. The zero-order chi connectivity index (χ0) is 11.1. The number of carboxylic acids is 1. The maximum atomic E-state index is 10.4. The summed E-state index contributed by atoms with van der Waals surface area (Å²) >= 11 is 1.61. The predicted molar refractivity (Wildman–Crippen MR) is 60.3 cm³/mol. The van der Waals surface area contributed by atoms with Gasteiger partial charge >= 0.3 is 5.97 Å². The van der Waals surface area contributed by atoms with E-state index in [1.54, 1.807) is 11.8 Å². The average Bonchev–Trinajstić information content (AvgIpc) is 2.11. The molecular formula is C9H18N2O2S. The van der Waals surface area contributed by atoms with Gasteiger partial charge in [-0.15, -0.1) is 0 Å². The van der Waals surface area contributed by atoms with Crippen molar-refractivity contribution in [3.63, 3.8) is 0 Å². The Balaban J connectivity index is 3.47. The molecule has 0 heterocycles. The quantitative estimate of drug-likeness (QED) is 0.426. The van der Waals surface area contributed by atoms with Crippen LogP contribution in [0, 0.1) is 0 Å². The lowest BCUT2D eigenvalue weighted by Crippen LogP contribution is -2.31. The van der Waals surface area contributed by atoms with Crippen molar-refractivity contribution in [2.45, 2.75) is 25.4 Å². The topological polar surface area (TPSA) is 89.3 Å². The van der Waals surface area contributed by atoms with E-state index in [0.29, 0.717) is 12.2 Å². The van der Waals surface area contributed by atoms with Crippen molar-refractivity contribution in [1.82, 2.24) is 0 Å². The van der Waals surface area contributed by atoms with Crippen LogP contribution in [0.1, 0.15) is 13.3 Å². The highest BCUT2D eigenvalue weighted by Gasteiger charge is 2.11. The zero-order valence-corrected chi connectivity index (χ0v) is 9.22. The number of hydrogen-bond donors (Lipinski definition) is 3. The van der Waals surface area contributed by atoms with E-state index in [9.17, 15) is 4.79 Å². The van der Waals surface area contributed by atoms with Gasteiger partial charge in [-0.2, -0.15) is 11.8 Å². The molecule has 0 aliphatic carbocycles. The maximum absolute atomic E-state index is 10.4. The third-order valence-electron chi connectivity index (χ3n) is 1.82. The fourth-order valence-electron chi connectivity index (χ4n) is 0.686. The van der Waals surface area contributed by atoms with Crippen LogP contribution in [-0.2, 0) is 4.79 Å². The second-order valence-electron chi connectivity index (χ2n) is 3.26. The second kappa shape index (κ2) is 6.86. The lowest BCUT2D eigenvalue weighted by molar-refractivity contribution is -0.138. The van der Waals surface area contributed by atoms with Gasteiger partial charge in [0.25, 0.3) is 0 Å². The van der Waals surface area contributed by atoms with Crippen LogP contribution < -0.4 is 11.5 Å². The number of carbonyl (C=O) groups is 1. The standard InChI is InChI=1S/C9H18N2O2S/c1-6(2)8(11)5-14-4-3-7(10)9(12)13/h7-8H,1,3-5,10-11H2,2H3,(H,12,13)/t7-,8?/m0/s1. The summed E-state index contributed by atoms with van der Waals surface area (Å²) in [6, 6.07) is -0.774. The minimum absolute atomic E-state index is 0.0129. The molecular weight excluding hydrogens is 200 g/mol. The van der Waals surface area contributed by atoms with Gasteiger partial charge < -0.3 is 16.6 Å². The smallest absolute Gasteiger partial charge is 0.320 e. The van der Waals surface area contributed by atoms with E-state index < -0.39 is 12.0 Å². The second-order valence-corrected chi connectivity index (χ2v) is 4.41. The van der Waals surface area contributed by atoms with Gasteiger partial charge in [0.05, 0.1) is 0 Å². The van der Waals surface area contributed by atoms with Gasteiger partial charge in [-0.05, 0) is 19.1 Å². The fraction of sp³-hybridized carbons (Fsp3) is 0.667. The molecule has 0 fully saturated rings. The first-order valence-corrected chi connectivity index (χ1v) is 5.57. The molecule has 2 atom stereocenters. The Morgan fingerprint density at radius 3 is 2.50 bits per heavy atom. The molecule has 0 amide bonds. The molecule has 0 rings (SSSR count). The first kappa shape index (κ1) is 13.5. The molecule has 14 heavy (non-hydrogen) atoms. The summed E-state index contributed by atoms with van der Waals surface area (Å²) in [6.07, 6.45) is 0.475. The van der Waals surface area contributed by atoms with Gasteiger partial charge in [-0.3, -0.25) is 4.79 Å². The summed E-state index contributed by atoms with van der Waals surface area (Å²) in [4.78, 5) is 10.4. The number of carboxylic acid groups (broad SMARTS) is 1. The summed E-state index contributed by atoms with van der Waals surface area (Å²) < 4.78 is 0. The van der Waals surface area contributed by atoms with E-state index >= 15 is 0 Å². The molecule has 0 spiro atoms. The number of rotatable bonds is 7. The minimum Gasteiger partial charge on any atom is -0.480 e. The Kier molecular flexibility index (Phi) is 6.61. The van der Waals surface area contributed by atoms with Gasteiger partial charge in [-0.25, -0.2) is 0 Å². The molecule has 5 N–H and O–H groups in total. The van der Waals surface area contributed by atoms with Crippen molar-refractivity contribution < 1.29 is 9.90 Å². The Morgan fingerprint density at radius 2 is 2.07 bits per heavy atom. The summed E-state index contributed by atoms with van der Waals surface area (Å²) in [7, 11) is 0. The van der Waals surface area contributed by atoms with Crippen LogP contribution >= 0.6 is 11.8 Å². The van der Waals surface area contributed by atoms with Gasteiger partial charge in [0, 0.05) is 11.8 Å². The maximum Gasteiger partial charge on any atom is 0.320 e. The highest BCUT2D eigenvalue weighted by atomic mass is 32.2. The van der Waals surface area contributed by atoms with Crippen LogP contribution in [0.2, 0.25) is 0 Å². The first-order valence-electron chi connectivity index (χ1n) is 4.42. The molecule has 0 radical (unpaired) electrons. The minimum atomic E-state index is -0.949. The number of hydrogen-bond acceptors (Lipinski definition) is 4. The van der Waals surface area contributed by atoms with E-state index in [-0.39, 0.29) is 6.04 Å². The molecule has 0 bridgehead atoms. The molecule has 0 aromatic rings. The molecule has 0 saturated carbocycles. The van der Waals surface area contributed by atoms with Crippen molar-refractivity contribution in [3.05, 3.63) is 12.2 Å². The Hall–Kier alpha value is -0.520. The summed E-state index contributed by atoms with van der Waals surface area (Å²) in [5, 5.41) is 8.51. The number of aliphatic carboxylic acids is 1. The van der Waals surface area contributed by atoms with Gasteiger partial charge in [0.2, 0.25) is 0 Å². The molecule has 0 aliphatic rings. The van der Waals surface area contributed by atoms with Crippen molar-refractivity contribution in [3.8, 4) is 0 Å². The molecule has 0 aromatic carbocycles.